The van der Waals surface area contributed by atoms with Crippen LogP contribution in [0.2, 0.25) is 18.1 Å². The van der Waals surface area contributed by atoms with E-state index in [0.717, 1.165) is 17.8 Å². The predicted octanol–water partition coefficient (Wildman–Crippen LogP) is 9.73. The van der Waals surface area contributed by atoms with Gasteiger partial charge in [-0.2, -0.15) is 0 Å². The largest absolute Gasteiger partial charge is 0.472 e. The van der Waals surface area contributed by atoms with Crippen molar-refractivity contribution in [1.82, 2.24) is 0 Å². The lowest BCUT2D eigenvalue weighted by Crippen LogP contribution is -2.63. The summed E-state index contributed by atoms with van der Waals surface area (Å²) in [5.41, 5.74) is 4.25. The Kier molecular flexibility index (Phi) is 5.80. The Morgan fingerprint density at radius 1 is 0.886 bits per heavy atom. The zero-order valence-electron chi connectivity index (χ0n) is 24.4. The van der Waals surface area contributed by atoms with E-state index < -0.39 is 8.32 Å². The minimum Gasteiger partial charge on any atom is -0.472 e. The number of allylic oxidation sites excluding steroid dienone is 2. The van der Waals surface area contributed by atoms with Crippen LogP contribution >= 0.6 is 0 Å². The average Bonchev–Trinajstić information content (AvgIpc) is 3.36. The zero-order chi connectivity index (χ0) is 25.7. The van der Waals surface area contributed by atoms with Gasteiger partial charge >= 0.3 is 0 Å². The third kappa shape index (κ3) is 3.57. The zero-order valence-corrected chi connectivity index (χ0v) is 25.4. The van der Waals surface area contributed by atoms with Gasteiger partial charge in [0.1, 0.15) is 0 Å². The summed E-state index contributed by atoms with van der Waals surface area (Å²) in [4.78, 5) is 0. The van der Waals surface area contributed by atoms with Gasteiger partial charge in [-0.25, -0.2) is 0 Å². The molecule has 1 aromatic heterocycles. The molecule has 0 radical (unpaired) electrons. The van der Waals surface area contributed by atoms with Crippen LogP contribution in [0.3, 0.4) is 0 Å². The number of rotatable bonds is 3. The number of fused-ring (bicyclic) bond motifs is 5. The Bertz CT molecular complexity index is 982. The van der Waals surface area contributed by atoms with Crippen LogP contribution in [0.15, 0.2) is 29.1 Å². The molecular formula is C32H52O2Si. The standard InChI is InChI=1S/C32H52O2Si/c1-28(2,3)35(9,10)34-27-15-19-31(7)24(29(27,4)5)13-18-32(8)25-12-11-23(22-16-20-33-21-22)30(25,6)17-14-26(31)32/h11,16,20-21,24-27H,12-15,17-19H2,1-10H3/t24-,25+,26+,27-,30-,31-,32-/m0/s1. The SMILES string of the molecule is CC1(C)[C@@H](O[Si](C)(C)C(C)(C)C)CC[C@]2(C)[C@H]3CC[C@@]4(C)C(c5ccoc5)=CC[C@H]4[C@]3(C)CC[C@@H]12. The lowest BCUT2D eigenvalue weighted by molar-refractivity contribution is -0.201. The summed E-state index contributed by atoms with van der Waals surface area (Å²) in [6.07, 6.45) is 16.0. The number of hydrogen-bond donors (Lipinski definition) is 0. The van der Waals surface area contributed by atoms with E-state index in [9.17, 15) is 0 Å². The van der Waals surface area contributed by atoms with Crippen molar-refractivity contribution in [3.63, 3.8) is 0 Å². The molecule has 0 N–H and O–H groups in total. The molecular weight excluding hydrogens is 444 g/mol. The van der Waals surface area contributed by atoms with E-state index in [1.165, 1.54) is 50.5 Å². The van der Waals surface area contributed by atoms with Crippen LogP contribution in [0.25, 0.3) is 5.57 Å². The van der Waals surface area contributed by atoms with Gasteiger partial charge in [0.15, 0.2) is 8.32 Å². The summed E-state index contributed by atoms with van der Waals surface area (Å²) in [5, 5.41) is 0.269. The lowest BCUT2D eigenvalue weighted by atomic mass is 9.37. The van der Waals surface area contributed by atoms with E-state index in [4.69, 9.17) is 8.84 Å². The predicted molar refractivity (Wildman–Crippen MR) is 150 cm³/mol. The van der Waals surface area contributed by atoms with Crippen LogP contribution in [0, 0.1) is 39.4 Å². The second-order valence-electron chi connectivity index (χ2n) is 15.8. The normalized spacial score (nSPS) is 43.2. The van der Waals surface area contributed by atoms with Crippen molar-refractivity contribution in [2.24, 2.45) is 39.4 Å². The molecule has 4 aliphatic carbocycles. The van der Waals surface area contributed by atoms with Crippen molar-refractivity contribution in [1.29, 1.82) is 0 Å². The van der Waals surface area contributed by atoms with Crippen LogP contribution in [-0.2, 0) is 4.43 Å². The second kappa shape index (κ2) is 7.85. The molecule has 4 aliphatic rings. The Morgan fingerprint density at radius 3 is 2.14 bits per heavy atom. The lowest BCUT2D eigenvalue weighted by Gasteiger charge is -2.69. The van der Waals surface area contributed by atoms with E-state index in [0.29, 0.717) is 16.9 Å². The highest BCUT2D eigenvalue weighted by Crippen LogP contribution is 2.74. The first-order valence-electron chi connectivity index (χ1n) is 14.5. The van der Waals surface area contributed by atoms with Gasteiger partial charge in [-0.15, -0.1) is 0 Å². The summed E-state index contributed by atoms with van der Waals surface area (Å²) in [6.45, 7) is 25.2. The molecule has 3 fully saturated rings. The fourth-order valence-corrected chi connectivity index (χ4v) is 11.4. The highest BCUT2D eigenvalue weighted by atomic mass is 28.4. The van der Waals surface area contributed by atoms with Crippen molar-refractivity contribution in [3.8, 4) is 0 Å². The molecule has 3 saturated carbocycles. The first-order chi connectivity index (χ1) is 16.1. The van der Waals surface area contributed by atoms with E-state index in [1.807, 2.05) is 12.5 Å². The van der Waals surface area contributed by atoms with Crippen molar-refractivity contribution in [3.05, 3.63) is 30.2 Å². The first-order valence-corrected chi connectivity index (χ1v) is 17.4. The van der Waals surface area contributed by atoms with Gasteiger partial charge in [-0.1, -0.05) is 61.5 Å². The fraction of sp³-hybridized carbons (Fsp3) is 0.812. The maximum atomic E-state index is 7.18. The monoisotopic (exact) mass is 496 g/mol. The van der Waals surface area contributed by atoms with Crippen LogP contribution in [0.5, 0.6) is 0 Å². The molecule has 7 atom stereocenters. The number of hydrogen-bond acceptors (Lipinski definition) is 2. The molecule has 1 heterocycles. The summed E-state index contributed by atoms with van der Waals surface area (Å²) < 4.78 is 12.7. The van der Waals surface area contributed by atoms with Crippen LogP contribution in [0.1, 0.15) is 106 Å². The summed E-state index contributed by atoms with van der Waals surface area (Å²) in [6, 6.07) is 2.18. The second-order valence-corrected chi connectivity index (χ2v) is 20.5. The van der Waals surface area contributed by atoms with Gasteiger partial charge in [-0.3, -0.25) is 0 Å². The smallest absolute Gasteiger partial charge is 0.192 e. The van der Waals surface area contributed by atoms with Crippen LogP contribution in [0.4, 0.5) is 0 Å². The van der Waals surface area contributed by atoms with Crippen molar-refractivity contribution >= 4 is 13.9 Å². The minimum absolute atomic E-state index is 0.237. The molecule has 0 aliphatic heterocycles. The van der Waals surface area contributed by atoms with Crippen LogP contribution < -0.4 is 0 Å². The highest BCUT2D eigenvalue weighted by molar-refractivity contribution is 6.74. The van der Waals surface area contributed by atoms with E-state index >= 15 is 0 Å². The molecule has 5 rings (SSSR count). The molecule has 0 saturated heterocycles. The molecule has 35 heavy (non-hydrogen) atoms. The molecule has 0 spiro atoms. The van der Waals surface area contributed by atoms with Gasteiger partial charge in [0.2, 0.25) is 0 Å². The summed E-state index contributed by atoms with van der Waals surface area (Å²) >= 11 is 0. The fourth-order valence-electron chi connectivity index (χ4n) is 9.92. The van der Waals surface area contributed by atoms with Crippen LogP contribution in [-0.4, -0.2) is 14.4 Å². The van der Waals surface area contributed by atoms with Crippen molar-refractivity contribution in [2.45, 2.75) is 125 Å². The molecule has 0 aromatic carbocycles. The Morgan fingerprint density at radius 2 is 1.51 bits per heavy atom. The minimum atomic E-state index is -1.79. The topological polar surface area (TPSA) is 22.4 Å². The average molecular weight is 497 g/mol. The molecule has 3 heteroatoms. The van der Waals surface area contributed by atoms with E-state index in [1.54, 1.807) is 5.57 Å². The van der Waals surface area contributed by atoms with Gasteiger partial charge < -0.3 is 8.84 Å². The molecule has 0 unspecified atom stereocenters. The third-order valence-electron chi connectivity index (χ3n) is 12.8. The van der Waals surface area contributed by atoms with Crippen molar-refractivity contribution < 1.29 is 8.84 Å². The molecule has 0 amide bonds. The summed E-state index contributed by atoms with van der Waals surface area (Å²) in [7, 11) is -1.79. The number of furan rings is 1. The molecule has 2 nitrogen and oxygen atoms in total. The van der Waals surface area contributed by atoms with Crippen molar-refractivity contribution in [2.75, 3.05) is 0 Å². The first kappa shape index (κ1) is 25.8. The summed E-state index contributed by atoms with van der Waals surface area (Å²) in [5.74, 6) is 2.32. The Hall–Kier alpha value is -0.803. The maximum absolute atomic E-state index is 7.18. The quantitative estimate of drug-likeness (QED) is 0.388. The molecule has 0 bridgehead atoms. The van der Waals surface area contributed by atoms with E-state index in [2.05, 4.69) is 80.6 Å². The van der Waals surface area contributed by atoms with Gasteiger partial charge in [0.05, 0.1) is 18.6 Å². The Balaban J connectivity index is 1.43. The third-order valence-corrected chi connectivity index (χ3v) is 17.3. The van der Waals surface area contributed by atoms with Gasteiger partial charge in [0.25, 0.3) is 0 Å². The molecule has 1 aromatic rings. The molecule has 196 valence electrons. The highest BCUT2D eigenvalue weighted by Gasteiger charge is 2.66. The van der Waals surface area contributed by atoms with Gasteiger partial charge in [-0.05, 0) is 114 Å². The van der Waals surface area contributed by atoms with E-state index in [-0.39, 0.29) is 15.9 Å². The van der Waals surface area contributed by atoms with Gasteiger partial charge in [0, 0.05) is 5.56 Å². The maximum Gasteiger partial charge on any atom is 0.192 e. The Labute approximate surface area is 216 Å².